The molecule has 3 N–H and O–H groups in total. The number of hydrogen-bond donors (Lipinski definition) is 2. The molecule has 0 amide bonds. The van der Waals surface area contributed by atoms with E-state index < -0.39 is 0 Å². The molecule has 1 aliphatic carbocycles. The van der Waals surface area contributed by atoms with Crippen LogP contribution in [0, 0.1) is 11.8 Å². The van der Waals surface area contributed by atoms with Crippen molar-refractivity contribution in [2.75, 3.05) is 13.1 Å². The monoisotopic (exact) mass is 245 g/mol. The van der Waals surface area contributed by atoms with E-state index in [4.69, 9.17) is 17.3 Å². The maximum Gasteiger partial charge on any atom is 0.139 e. The Labute approximate surface area is 105 Å². The van der Waals surface area contributed by atoms with Crippen molar-refractivity contribution in [3.8, 4) is 0 Å². The van der Waals surface area contributed by atoms with Gasteiger partial charge in [0.1, 0.15) is 6.17 Å². The Morgan fingerprint density at radius 2 is 2.06 bits per heavy atom. The molecule has 1 aliphatic heterocycles. The molecule has 5 unspecified atom stereocenters. The summed E-state index contributed by atoms with van der Waals surface area (Å²) in [6, 6.07) is 0. The SMILES string of the molecule is CC1CC[NH+](CC2CCCC(Cl)C2)C(N)C1. The number of piperidine rings is 1. The van der Waals surface area contributed by atoms with Crippen molar-refractivity contribution in [1.82, 2.24) is 0 Å². The summed E-state index contributed by atoms with van der Waals surface area (Å²) in [4.78, 5) is 1.63. The van der Waals surface area contributed by atoms with Gasteiger partial charge in [0.15, 0.2) is 0 Å². The Bertz CT molecular complexity index is 222. The van der Waals surface area contributed by atoms with Gasteiger partial charge in [0, 0.05) is 17.7 Å². The van der Waals surface area contributed by atoms with Gasteiger partial charge in [-0.15, -0.1) is 11.6 Å². The molecule has 3 heteroatoms. The molecular weight excluding hydrogens is 220 g/mol. The lowest BCUT2D eigenvalue weighted by Gasteiger charge is -2.36. The minimum atomic E-state index is 0.374. The summed E-state index contributed by atoms with van der Waals surface area (Å²) in [6.45, 7) is 4.86. The maximum absolute atomic E-state index is 6.25. The van der Waals surface area contributed by atoms with Crippen molar-refractivity contribution in [3.63, 3.8) is 0 Å². The maximum atomic E-state index is 6.25. The number of likely N-dealkylation sites (tertiary alicyclic amines) is 1. The van der Waals surface area contributed by atoms with E-state index in [-0.39, 0.29) is 0 Å². The molecule has 0 aromatic heterocycles. The second kappa shape index (κ2) is 5.70. The van der Waals surface area contributed by atoms with E-state index in [1.54, 1.807) is 4.90 Å². The predicted octanol–water partition coefficient (Wildman–Crippen LogP) is 1.38. The standard InChI is InChI=1S/C13H25ClN2/c1-10-5-6-16(13(15)7-10)9-11-3-2-4-12(14)8-11/h10-13H,2-9,15H2,1H3/p+1. The Morgan fingerprint density at radius 1 is 1.25 bits per heavy atom. The van der Waals surface area contributed by atoms with Crippen LogP contribution in [-0.2, 0) is 0 Å². The van der Waals surface area contributed by atoms with Crippen molar-refractivity contribution in [2.45, 2.75) is 57.0 Å². The van der Waals surface area contributed by atoms with Crippen molar-refractivity contribution in [2.24, 2.45) is 17.6 Å². The summed E-state index contributed by atoms with van der Waals surface area (Å²) in [7, 11) is 0. The lowest BCUT2D eigenvalue weighted by Crippen LogP contribution is -3.19. The zero-order valence-corrected chi connectivity index (χ0v) is 11.2. The first-order valence-electron chi connectivity index (χ1n) is 6.89. The van der Waals surface area contributed by atoms with Gasteiger partial charge in [0.2, 0.25) is 0 Å². The molecule has 1 saturated carbocycles. The van der Waals surface area contributed by atoms with Gasteiger partial charge in [-0.2, -0.15) is 0 Å². The van der Waals surface area contributed by atoms with Gasteiger partial charge < -0.3 is 4.90 Å². The smallest absolute Gasteiger partial charge is 0.139 e. The van der Waals surface area contributed by atoms with Gasteiger partial charge in [0.05, 0.1) is 13.1 Å². The summed E-state index contributed by atoms with van der Waals surface area (Å²) < 4.78 is 0. The quantitative estimate of drug-likeness (QED) is 0.708. The highest BCUT2D eigenvalue weighted by atomic mass is 35.5. The van der Waals surface area contributed by atoms with Crippen molar-refractivity contribution >= 4 is 11.6 Å². The van der Waals surface area contributed by atoms with Gasteiger partial charge in [-0.05, 0) is 31.6 Å². The number of rotatable bonds is 2. The molecule has 0 aromatic rings. The number of alkyl halides is 1. The van der Waals surface area contributed by atoms with Gasteiger partial charge >= 0.3 is 0 Å². The fraction of sp³-hybridized carbons (Fsp3) is 1.00. The molecule has 1 saturated heterocycles. The van der Waals surface area contributed by atoms with Crippen molar-refractivity contribution < 1.29 is 4.90 Å². The molecule has 2 rings (SSSR count). The largest absolute Gasteiger partial charge is 0.320 e. The summed E-state index contributed by atoms with van der Waals surface area (Å²) >= 11 is 6.25. The Kier molecular flexibility index (Phi) is 4.51. The van der Waals surface area contributed by atoms with E-state index in [1.807, 2.05) is 0 Å². The summed E-state index contributed by atoms with van der Waals surface area (Å²) in [6.07, 6.45) is 8.04. The molecule has 5 atom stereocenters. The van der Waals surface area contributed by atoms with Crippen LogP contribution in [0.5, 0.6) is 0 Å². The molecule has 0 spiro atoms. The van der Waals surface area contributed by atoms with E-state index in [9.17, 15) is 0 Å². The summed E-state index contributed by atoms with van der Waals surface area (Å²) in [5.41, 5.74) is 6.25. The van der Waals surface area contributed by atoms with Crippen molar-refractivity contribution in [1.29, 1.82) is 0 Å². The number of hydrogen-bond acceptors (Lipinski definition) is 1. The number of halogens is 1. The first-order chi connectivity index (χ1) is 7.65. The molecular formula is C13H26ClN2+. The first-order valence-corrected chi connectivity index (χ1v) is 7.33. The van der Waals surface area contributed by atoms with Crippen LogP contribution in [0.3, 0.4) is 0 Å². The highest BCUT2D eigenvalue weighted by Gasteiger charge is 2.30. The molecule has 2 nitrogen and oxygen atoms in total. The normalized spacial score (nSPS) is 45.6. The van der Waals surface area contributed by atoms with Crippen LogP contribution in [0.2, 0.25) is 0 Å². The second-order valence-electron chi connectivity index (χ2n) is 5.98. The fourth-order valence-corrected chi connectivity index (χ4v) is 3.78. The van der Waals surface area contributed by atoms with Crippen LogP contribution in [-0.4, -0.2) is 24.6 Å². The number of nitrogens with two attached hydrogens (primary N) is 1. The Balaban J connectivity index is 1.80. The lowest BCUT2D eigenvalue weighted by atomic mass is 9.87. The zero-order chi connectivity index (χ0) is 11.5. The average Bonchev–Trinajstić information content (AvgIpc) is 2.22. The van der Waals surface area contributed by atoms with Crippen LogP contribution in [0.15, 0.2) is 0 Å². The van der Waals surface area contributed by atoms with Gasteiger partial charge in [0.25, 0.3) is 0 Å². The molecule has 16 heavy (non-hydrogen) atoms. The highest BCUT2D eigenvalue weighted by molar-refractivity contribution is 6.20. The molecule has 0 radical (unpaired) electrons. The van der Waals surface area contributed by atoms with Crippen LogP contribution < -0.4 is 10.6 Å². The highest BCUT2D eigenvalue weighted by Crippen LogP contribution is 2.27. The molecule has 2 fully saturated rings. The van der Waals surface area contributed by atoms with Crippen LogP contribution in [0.4, 0.5) is 0 Å². The molecule has 0 bridgehead atoms. The lowest BCUT2D eigenvalue weighted by molar-refractivity contribution is -0.935. The van der Waals surface area contributed by atoms with Gasteiger partial charge in [-0.25, -0.2) is 0 Å². The molecule has 2 aliphatic rings. The summed E-state index contributed by atoms with van der Waals surface area (Å²) in [5, 5.41) is 0.429. The zero-order valence-electron chi connectivity index (χ0n) is 10.4. The van der Waals surface area contributed by atoms with E-state index >= 15 is 0 Å². The molecule has 1 heterocycles. The second-order valence-corrected chi connectivity index (χ2v) is 6.60. The van der Waals surface area contributed by atoms with E-state index in [0.29, 0.717) is 11.5 Å². The van der Waals surface area contributed by atoms with Crippen LogP contribution >= 0.6 is 11.6 Å². The van der Waals surface area contributed by atoms with Crippen LogP contribution in [0.1, 0.15) is 45.4 Å². The topological polar surface area (TPSA) is 30.5 Å². The predicted molar refractivity (Wildman–Crippen MR) is 68.7 cm³/mol. The third-order valence-corrected chi connectivity index (χ3v) is 4.81. The fourth-order valence-electron chi connectivity index (χ4n) is 3.37. The van der Waals surface area contributed by atoms with E-state index in [1.165, 1.54) is 51.6 Å². The van der Waals surface area contributed by atoms with Crippen LogP contribution in [0.25, 0.3) is 0 Å². The average molecular weight is 246 g/mol. The van der Waals surface area contributed by atoms with Gasteiger partial charge in [-0.3, -0.25) is 5.73 Å². The first kappa shape index (κ1) is 12.7. The number of quaternary nitrogens is 1. The Morgan fingerprint density at radius 3 is 2.75 bits per heavy atom. The van der Waals surface area contributed by atoms with E-state index in [0.717, 1.165) is 11.8 Å². The van der Waals surface area contributed by atoms with Crippen molar-refractivity contribution in [3.05, 3.63) is 0 Å². The molecule has 94 valence electrons. The molecule has 0 aromatic carbocycles. The minimum absolute atomic E-state index is 0.374. The number of nitrogens with one attached hydrogen (secondary N) is 1. The minimum Gasteiger partial charge on any atom is -0.320 e. The third-order valence-electron chi connectivity index (χ3n) is 4.41. The van der Waals surface area contributed by atoms with E-state index in [2.05, 4.69) is 6.92 Å². The summed E-state index contributed by atoms with van der Waals surface area (Å²) in [5.74, 6) is 1.65. The van der Waals surface area contributed by atoms with Gasteiger partial charge in [-0.1, -0.05) is 13.3 Å². The third kappa shape index (κ3) is 3.35. The Hall–Kier alpha value is 0.210.